The van der Waals surface area contributed by atoms with E-state index in [2.05, 4.69) is 15.5 Å². The molecule has 3 rings (SSSR count). The zero-order valence-corrected chi connectivity index (χ0v) is 10.6. The number of rotatable bonds is 5. The van der Waals surface area contributed by atoms with Crippen LogP contribution < -0.4 is 10.2 Å². The summed E-state index contributed by atoms with van der Waals surface area (Å²) in [5.41, 5.74) is 0.798. The molecule has 0 spiro atoms. The summed E-state index contributed by atoms with van der Waals surface area (Å²) in [6.07, 6.45) is 2.44. The van der Waals surface area contributed by atoms with Crippen molar-refractivity contribution in [3.63, 3.8) is 0 Å². The topological polar surface area (TPSA) is 54.2 Å². The fourth-order valence-corrected chi connectivity index (χ4v) is 1.75. The van der Waals surface area contributed by atoms with Crippen LogP contribution in [0.2, 0.25) is 0 Å². The molecule has 0 radical (unpaired) electrons. The number of aromatic nitrogens is 2. The van der Waals surface area contributed by atoms with Crippen molar-refractivity contribution in [2.75, 3.05) is 11.9 Å². The number of hydrogen-bond acceptors (Lipinski definition) is 5. The first-order valence-corrected chi connectivity index (χ1v) is 6.27. The van der Waals surface area contributed by atoms with Gasteiger partial charge < -0.3 is 9.73 Å². The van der Waals surface area contributed by atoms with Crippen LogP contribution in [-0.4, -0.2) is 23.3 Å². The molecular formula is C13H15FN4O. The van der Waals surface area contributed by atoms with Crippen molar-refractivity contribution in [1.29, 1.82) is 0 Å². The average Bonchev–Trinajstić information content (AvgIpc) is 3.13. The second kappa shape index (κ2) is 4.97. The van der Waals surface area contributed by atoms with E-state index in [-0.39, 0.29) is 5.82 Å². The highest BCUT2D eigenvalue weighted by Gasteiger charge is 2.21. The number of benzene rings is 1. The lowest BCUT2D eigenvalue weighted by molar-refractivity contribution is 0.471. The van der Waals surface area contributed by atoms with E-state index in [1.807, 2.05) is 0 Å². The summed E-state index contributed by atoms with van der Waals surface area (Å²) >= 11 is 0. The third-order valence-corrected chi connectivity index (χ3v) is 3.08. The molecule has 5 nitrogen and oxygen atoms in total. The van der Waals surface area contributed by atoms with Crippen molar-refractivity contribution in [3.8, 4) is 0 Å². The highest BCUT2D eigenvalue weighted by Crippen LogP contribution is 2.23. The standard InChI is InChI=1S/C13H15FN4O/c1-18(11-6-2-9(14)3-7-11)13-17-16-12(19-13)8-15-10-4-5-10/h2-3,6-7,10,15H,4-5,8H2,1H3. The molecule has 100 valence electrons. The minimum atomic E-state index is -0.267. The number of nitrogens with zero attached hydrogens (tertiary/aromatic N) is 3. The summed E-state index contributed by atoms with van der Waals surface area (Å²) < 4.78 is 18.4. The van der Waals surface area contributed by atoms with Crippen LogP contribution in [0, 0.1) is 5.82 Å². The van der Waals surface area contributed by atoms with Gasteiger partial charge in [0.05, 0.1) is 6.54 Å². The zero-order chi connectivity index (χ0) is 13.2. The molecule has 2 aromatic rings. The lowest BCUT2D eigenvalue weighted by Gasteiger charge is -2.13. The molecular weight excluding hydrogens is 247 g/mol. The third kappa shape index (κ3) is 2.90. The van der Waals surface area contributed by atoms with Crippen LogP contribution >= 0.6 is 0 Å². The van der Waals surface area contributed by atoms with Gasteiger partial charge in [-0.15, -0.1) is 5.10 Å². The highest BCUT2D eigenvalue weighted by molar-refractivity contribution is 5.54. The van der Waals surface area contributed by atoms with Crippen molar-refractivity contribution >= 4 is 11.7 Å². The Hall–Kier alpha value is -1.95. The summed E-state index contributed by atoms with van der Waals surface area (Å²) in [6, 6.07) is 7.14. The molecule has 0 saturated heterocycles. The summed E-state index contributed by atoms with van der Waals surface area (Å²) in [4.78, 5) is 1.73. The fraction of sp³-hybridized carbons (Fsp3) is 0.385. The van der Waals surface area contributed by atoms with Gasteiger partial charge in [0.2, 0.25) is 5.89 Å². The molecule has 19 heavy (non-hydrogen) atoms. The summed E-state index contributed by atoms with van der Waals surface area (Å²) in [5, 5.41) is 11.3. The van der Waals surface area contributed by atoms with Gasteiger partial charge in [-0.05, 0) is 37.1 Å². The van der Waals surface area contributed by atoms with Gasteiger partial charge in [0, 0.05) is 18.8 Å². The van der Waals surface area contributed by atoms with Crippen LogP contribution in [0.25, 0.3) is 0 Å². The Morgan fingerprint density at radius 1 is 1.32 bits per heavy atom. The summed E-state index contributed by atoms with van der Waals surface area (Å²) in [6.45, 7) is 0.592. The van der Waals surface area contributed by atoms with Crippen LogP contribution in [0.1, 0.15) is 18.7 Å². The normalized spacial score (nSPS) is 14.6. The average molecular weight is 262 g/mol. The van der Waals surface area contributed by atoms with Gasteiger partial charge in [-0.25, -0.2) is 4.39 Å². The van der Waals surface area contributed by atoms with Gasteiger partial charge in [-0.2, -0.15) is 0 Å². The molecule has 0 bridgehead atoms. The molecule has 0 aliphatic heterocycles. The first-order valence-electron chi connectivity index (χ1n) is 6.27. The second-order valence-corrected chi connectivity index (χ2v) is 4.67. The van der Waals surface area contributed by atoms with Gasteiger partial charge >= 0.3 is 6.01 Å². The van der Waals surface area contributed by atoms with E-state index in [0.717, 1.165) is 5.69 Å². The van der Waals surface area contributed by atoms with E-state index in [4.69, 9.17) is 4.42 Å². The van der Waals surface area contributed by atoms with Crippen LogP contribution in [0.15, 0.2) is 28.7 Å². The fourth-order valence-electron chi connectivity index (χ4n) is 1.75. The Labute approximate surface area is 110 Å². The number of halogens is 1. The molecule has 1 aliphatic carbocycles. The minimum Gasteiger partial charge on any atom is -0.406 e. The minimum absolute atomic E-state index is 0.267. The van der Waals surface area contributed by atoms with Crippen molar-refractivity contribution in [2.24, 2.45) is 0 Å². The summed E-state index contributed by atoms with van der Waals surface area (Å²) in [5.74, 6) is 0.299. The Morgan fingerprint density at radius 2 is 2.05 bits per heavy atom. The zero-order valence-electron chi connectivity index (χ0n) is 10.6. The van der Waals surface area contributed by atoms with Gasteiger partial charge in [0.1, 0.15) is 5.82 Å². The van der Waals surface area contributed by atoms with E-state index in [1.165, 1.54) is 25.0 Å². The van der Waals surface area contributed by atoms with E-state index in [1.54, 1.807) is 24.1 Å². The van der Waals surface area contributed by atoms with Gasteiger partial charge in [-0.3, -0.25) is 4.90 Å². The van der Waals surface area contributed by atoms with Gasteiger partial charge in [0.25, 0.3) is 0 Å². The van der Waals surface area contributed by atoms with E-state index >= 15 is 0 Å². The summed E-state index contributed by atoms with van der Waals surface area (Å²) in [7, 11) is 1.80. The Morgan fingerprint density at radius 3 is 2.74 bits per heavy atom. The Kier molecular flexibility index (Phi) is 3.16. The third-order valence-electron chi connectivity index (χ3n) is 3.08. The molecule has 0 amide bonds. The van der Waals surface area contributed by atoms with Gasteiger partial charge in [-0.1, -0.05) is 5.10 Å². The lowest BCUT2D eigenvalue weighted by Crippen LogP contribution is -2.15. The van der Waals surface area contributed by atoms with Gasteiger partial charge in [0.15, 0.2) is 0 Å². The van der Waals surface area contributed by atoms with Crippen molar-refractivity contribution in [1.82, 2.24) is 15.5 Å². The van der Waals surface area contributed by atoms with Crippen LogP contribution in [0.3, 0.4) is 0 Å². The maximum atomic E-state index is 12.9. The Balaban J connectivity index is 1.68. The molecule has 1 aromatic carbocycles. The molecule has 1 saturated carbocycles. The largest absolute Gasteiger partial charge is 0.406 e. The quantitative estimate of drug-likeness (QED) is 0.895. The number of hydrogen-bond donors (Lipinski definition) is 1. The molecule has 1 N–H and O–H groups in total. The van der Waals surface area contributed by atoms with Crippen molar-refractivity contribution < 1.29 is 8.81 Å². The molecule has 1 fully saturated rings. The molecule has 1 aliphatic rings. The lowest BCUT2D eigenvalue weighted by atomic mass is 10.3. The SMILES string of the molecule is CN(c1ccc(F)cc1)c1nnc(CNC2CC2)o1. The van der Waals surface area contributed by atoms with E-state index < -0.39 is 0 Å². The molecule has 0 atom stereocenters. The first kappa shape index (κ1) is 12.1. The molecule has 1 aromatic heterocycles. The molecule has 0 unspecified atom stereocenters. The smallest absolute Gasteiger partial charge is 0.322 e. The van der Waals surface area contributed by atoms with Crippen LogP contribution in [0.4, 0.5) is 16.1 Å². The number of nitrogens with one attached hydrogen (secondary N) is 1. The molecule has 1 heterocycles. The van der Waals surface area contributed by atoms with E-state index in [9.17, 15) is 4.39 Å². The maximum Gasteiger partial charge on any atom is 0.322 e. The highest BCUT2D eigenvalue weighted by atomic mass is 19.1. The van der Waals surface area contributed by atoms with Crippen LogP contribution in [-0.2, 0) is 6.54 Å². The van der Waals surface area contributed by atoms with Crippen molar-refractivity contribution in [2.45, 2.75) is 25.4 Å². The first-order chi connectivity index (χ1) is 9.22. The van der Waals surface area contributed by atoms with E-state index in [0.29, 0.717) is 24.5 Å². The predicted molar refractivity (Wildman–Crippen MR) is 68.6 cm³/mol. The predicted octanol–water partition coefficient (Wildman–Crippen LogP) is 2.23. The monoisotopic (exact) mass is 262 g/mol. The van der Waals surface area contributed by atoms with Crippen molar-refractivity contribution in [3.05, 3.63) is 36.0 Å². The second-order valence-electron chi connectivity index (χ2n) is 4.67. The Bertz CT molecular complexity index is 550. The number of anilines is 2. The van der Waals surface area contributed by atoms with Crippen LogP contribution in [0.5, 0.6) is 0 Å². The maximum absolute atomic E-state index is 12.9. The molecule has 6 heteroatoms.